The van der Waals surface area contributed by atoms with Crippen molar-refractivity contribution in [3.05, 3.63) is 29.6 Å². The van der Waals surface area contributed by atoms with Crippen molar-refractivity contribution in [1.29, 1.82) is 0 Å². The summed E-state index contributed by atoms with van der Waals surface area (Å²) in [5, 5.41) is 4.81. The van der Waals surface area contributed by atoms with Gasteiger partial charge >= 0.3 is 33.3 Å². The standard InChI is InChI=1S/C12H16N4S.2ClH.Cu/c1-10-5-4-6-11(14-10)9-13-15-12(17)16-7-2-3-8-16;;;/h4-6,9H,2-3,7-8H2,1H3,(H,15,17);2*1H;/q;;;+2/p-2. The molecular weight excluding hydrogens is 367 g/mol. The van der Waals surface area contributed by atoms with Gasteiger partial charge in [0.15, 0.2) is 5.11 Å². The van der Waals surface area contributed by atoms with Crippen LogP contribution in [0.2, 0.25) is 0 Å². The van der Waals surface area contributed by atoms with Crippen molar-refractivity contribution in [3.8, 4) is 0 Å². The van der Waals surface area contributed by atoms with Crippen LogP contribution in [0.4, 0.5) is 0 Å². The number of pyridine rings is 1. The van der Waals surface area contributed by atoms with Gasteiger partial charge in [0.05, 0.1) is 11.9 Å². The van der Waals surface area contributed by atoms with Gasteiger partial charge in [-0.05, 0) is 44.1 Å². The molecule has 0 unspecified atom stereocenters. The van der Waals surface area contributed by atoms with Gasteiger partial charge in [-0.1, -0.05) is 6.07 Å². The number of nitrogens with one attached hydrogen (secondary N) is 1. The molecule has 4 nitrogen and oxygen atoms in total. The van der Waals surface area contributed by atoms with Crippen LogP contribution in [0.3, 0.4) is 0 Å². The maximum atomic E-state index is 5.24. The molecule has 0 spiro atoms. The molecule has 1 aliphatic heterocycles. The summed E-state index contributed by atoms with van der Waals surface area (Å²) in [6.45, 7) is 4.02. The fraction of sp³-hybridized carbons (Fsp3) is 0.417. The number of rotatable bonds is 2. The zero-order valence-corrected chi connectivity index (χ0v) is 14.2. The third-order valence-corrected chi connectivity index (χ3v) is 3.01. The van der Waals surface area contributed by atoms with Crippen molar-refractivity contribution >= 4 is 43.7 Å². The molecule has 1 aromatic rings. The Labute approximate surface area is 139 Å². The summed E-state index contributed by atoms with van der Waals surface area (Å²) in [4.78, 5) is 6.46. The Morgan fingerprint density at radius 1 is 1.45 bits per heavy atom. The van der Waals surface area contributed by atoms with Crippen LogP contribution in [0.15, 0.2) is 23.3 Å². The second-order valence-corrected chi connectivity index (χ2v) is 6.06. The first kappa shape index (κ1) is 17.7. The molecule has 0 saturated carbocycles. The van der Waals surface area contributed by atoms with Crippen LogP contribution in [0.5, 0.6) is 0 Å². The van der Waals surface area contributed by atoms with Crippen molar-refractivity contribution in [2.45, 2.75) is 19.8 Å². The molecule has 0 amide bonds. The molecule has 8 heteroatoms. The average molecular weight is 383 g/mol. The molecular formula is C12H16Cl2CuN4S. The topological polar surface area (TPSA) is 40.5 Å². The van der Waals surface area contributed by atoms with E-state index in [4.69, 9.17) is 12.2 Å². The number of hydrogen-bond acceptors (Lipinski definition) is 3. The van der Waals surface area contributed by atoms with Crippen LogP contribution in [-0.2, 0) is 13.1 Å². The van der Waals surface area contributed by atoms with Gasteiger partial charge in [0.25, 0.3) is 0 Å². The molecule has 1 aliphatic rings. The Hall–Kier alpha value is -0.391. The van der Waals surface area contributed by atoms with E-state index in [1.165, 1.54) is 12.8 Å². The fourth-order valence-corrected chi connectivity index (χ4v) is 2.02. The predicted molar refractivity (Wildman–Crippen MR) is 84.8 cm³/mol. The molecule has 0 radical (unpaired) electrons. The normalized spacial score (nSPS) is 14.2. The number of aryl methyl sites for hydroxylation is 1. The summed E-state index contributed by atoms with van der Waals surface area (Å²) >= 11 is 5.99. The van der Waals surface area contributed by atoms with E-state index in [1.54, 1.807) is 6.21 Å². The number of hydrogen-bond donors (Lipinski definition) is 1. The molecule has 1 aromatic heterocycles. The molecule has 0 aliphatic carbocycles. The van der Waals surface area contributed by atoms with Gasteiger partial charge < -0.3 is 4.90 Å². The third kappa shape index (κ3) is 6.86. The molecule has 115 valence electrons. The molecule has 0 atom stereocenters. The fourth-order valence-electron chi connectivity index (χ4n) is 1.78. The van der Waals surface area contributed by atoms with Crippen LogP contribution >= 0.6 is 32.4 Å². The minimum atomic E-state index is 0.700. The van der Waals surface area contributed by atoms with Crippen molar-refractivity contribution < 1.29 is 13.1 Å². The van der Waals surface area contributed by atoms with Crippen LogP contribution in [0, 0.1) is 6.92 Å². The molecule has 0 aromatic carbocycles. The van der Waals surface area contributed by atoms with Crippen LogP contribution in [-0.4, -0.2) is 34.3 Å². The van der Waals surface area contributed by atoms with Gasteiger partial charge in [0.2, 0.25) is 0 Å². The zero-order chi connectivity index (χ0) is 14.8. The third-order valence-electron chi connectivity index (χ3n) is 2.66. The van der Waals surface area contributed by atoms with Gasteiger partial charge in [-0.15, -0.1) is 0 Å². The number of likely N-dealkylation sites (tertiary alicyclic amines) is 1. The Kier molecular flexibility index (Phi) is 9.14. The second-order valence-electron chi connectivity index (χ2n) is 4.12. The van der Waals surface area contributed by atoms with E-state index < -0.39 is 0 Å². The quantitative estimate of drug-likeness (QED) is 0.369. The van der Waals surface area contributed by atoms with E-state index in [0.717, 1.165) is 37.6 Å². The minimum absolute atomic E-state index is 0.700. The van der Waals surface area contributed by atoms with E-state index >= 15 is 0 Å². The molecule has 0 bridgehead atoms. The zero-order valence-electron chi connectivity index (χ0n) is 10.9. The summed E-state index contributed by atoms with van der Waals surface area (Å²) < 4.78 is 0. The van der Waals surface area contributed by atoms with Crippen LogP contribution in [0.1, 0.15) is 24.2 Å². The van der Waals surface area contributed by atoms with Gasteiger partial charge in [-0.3, -0.25) is 10.4 Å². The number of aromatic nitrogens is 1. The average Bonchev–Trinajstić information content (AvgIpc) is 2.93. The van der Waals surface area contributed by atoms with Gasteiger partial charge in [-0.25, -0.2) is 0 Å². The van der Waals surface area contributed by atoms with E-state index in [-0.39, 0.29) is 0 Å². The molecule has 1 saturated heterocycles. The first-order valence-corrected chi connectivity index (χ1v) is 9.00. The second kappa shape index (κ2) is 10.4. The van der Waals surface area contributed by atoms with Crippen LogP contribution < -0.4 is 5.43 Å². The summed E-state index contributed by atoms with van der Waals surface area (Å²) in [6, 6.07) is 5.83. The van der Waals surface area contributed by atoms with E-state index in [9.17, 15) is 0 Å². The Bertz CT molecular complexity index is 453. The van der Waals surface area contributed by atoms with Gasteiger partial charge in [0, 0.05) is 18.8 Å². The summed E-state index contributed by atoms with van der Waals surface area (Å²) in [5.41, 5.74) is 4.70. The van der Waals surface area contributed by atoms with E-state index in [0.29, 0.717) is 5.11 Å². The molecule has 1 fully saturated rings. The molecule has 20 heavy (non-hydrogen) atoms. The van der Waals surface area contributed by atoms with E-state index in [1.807, 2.05) is 25.1 Å². The van der Waals surface area contributed by atoms with Crippen molar-refractivity contribution in [2.75, 3.05) is 13.1 Å². The predicted octanol–water partition coefficient (Wildman–Crippen LogP) is 3.07. The Morgan fingerprint density at radius 2 is 2.10 bits per heavy atom. The SMILES string of the molecule is Cc1cccc(C=NNC(=S)N2CCCC2)n1.[Cl][Cu][Cl]. The Balaban J connectivity index is 0.000000612. The molecule has 2 rings (SSSR count). The number of thiocarbonyl (C=S) groups is 1. The summed E-state index contributed by atoms with van der Waals surface area (Å²) in [6.07, 6.45) is 4.12. The van der Waals surface area contributed by atoms with Gasteiger partial charge in [0.1, 0.15) is 0 Å². The van der Waals surface area contributed by atoms with Crippen molar-refractivity contribution in [2.24, 2.45) is 5.10 Å². The van der Waals surface area contributed by atoms with Crippen molar-refractivity contribution in [1.82, 2.24) is 15.3 Å². The first-order chi connectivity index (χ1) is 9.67. The summed E-state index contributed by atoms with van der Waals surface area (Å²) in [7, 11) is 9.34. The number of halogens is 2. The first-order valence-electron chi connectivity index (χ1n) is 6.00. The number of hydrazone groups is 1. The summed E-state index contributed by atoms with van der Waals surface area (Å²) in [5.74, 6) is 0. The van der Waals surface area contributed by atoms with Crippen molar-refractivity contribution in [3.63, 3.8) is 0 Å². The molecule has 1 N–H and O–H groups in total. The van der Waals surface area contributed by atoms with Gasteiger partial charge in [-0.2, -0.15) is 5.10 Å². The Morgan fingerprint density at radius 3 is 2.70 bits per heavy atom. The maximum absolute atomic E-state index is 5.24. The molecule has 2 heterocycles. The van der Waals surface area contributed by atoms with Crippen LogP contribution in [0.25, 0.3) is 0 Å². The van der Waals surface area contributed by atoms with E-state index in [2.05, 4.69) is 40.6 Å². The monoisotopic (exact) mass is 381 g/mol. The number of nitrogens with zero attached hydrogens (tertiary/aromatic N) is 3.